The molecule has 0 aliphatic heterocycles. The van der Waals surface area contributed by atoms with Crippen LogP contribution in [0.3, 0.4) is 0 Å². The highest BCUT2D eigenvalue weighted by atomic mass is 79.9. The van der Waals surface area contributed by atoms with E-state index in [1.54, 1.807) is 23.3 Å². The van der Waals surface area contributed by atoms with E-state index in [-0.39, 0.29) is 17.9 Å². The van der Waals surface area contributed by atoms with Crippen molar-refractivity contribution in [2.45, 2.75) is 26.3 Å². The van der Waals surface area contributed by atoms with Crippen LogP contribution in [0.2, 0.25) is 0 Å². The van der Waals surface area contributed by atoms with Crippen molar-refractivity contribution in [2.75, 3.05) is 7.05 Å². The molecule has 0 saturated carbocycles. The number of carbonyl (C=O) groups excluding carboxylic acids is 1. The Morgan fingerprint density at radius 1 is 1.22 bits per heavy atom. The van der Waals surface area contributed by atoms with Gasteiger partial charge < -0.3 is 9.88 Å². The number of thiophene rings is 1. The van der Waals surface area contributed by atoms with Crippen LogP contribution in [0.25, 0.3) is 11.4 Å². The number of hydrogen-bond donors (Lipinski definition) is 1. The highest BCUT2D eigenvalue weighted by Gasteiger charge is 2.14. The Bertz CT molecular complexity index is 998. The molecule has 2 aromatic heterocycles. The van der Waals surface area contributed by atoms with Crippen molar-refractivity contribution in [2.24, 2.45) is 0 Å². The first-order chi connectivity index (χ1) is 12.9. The minimum absolute atomic E-state index is 0.00505. The van der Waals surface area contributed by atoms with Gasteiger partial charge in [0.1, 0.15) is 5.82 Å². The first kappa shape index (κ1) is 19.5. The van der Waals surface area contributed by atoms with Gasteiger partial charge in [0.25, 0.3) is 5.56 Å². The molecule has 0 saturated heterocycles. The molecule has 0 unspecified atom stereocenters. The third kappa shape index (κ3) is 4.93. The van der Waals surface area contributed by atoms with Gasteiger partial charge in [0.15, 0.2) is 0 Å². The van der Waals surface area contributed by atoms with E-state index < -0.39 is 0 Å². The lowest BCUT2D eigenvalue weighted by molar-refractivity contribution is -0.130. The van der Waals surface area contributed by atoms with Gasteiger partial charge in [-0.3, -0.25) is 9.59 Å². The number of nitrogens with one attached hydrogen (secondary N) is 1. The molecule has 1 N–H and O–H groups in total. The number of aromatic amines is 1. The second-order valence-corrected chi connectivity index (χ2v) is 8.85. The highest BCUT2D eigenvalue weighted by molar-refractivity contribution is 9.11. The average molecular weight is 446 g/mol. The number of hydrogen-bond acceptors (Lipinski definition) is 4. The van der Waals surface area contributed by atoms with E-state index >= 15 is 0 Å². The van der Waals surface area contributed by atoms with Crippen LogP contribution in [-0.2, 0) is 17.8 Å². The molecule has 27 heavy (non-hydrogen) atoms. The summed E-state index contributed by atoms with van der Waals surface area (Å²) in [6.07, 6.45) is 0.653. The minimum atomic E-state index is -0.181. The zero-order chi connectivity index (χ0) is 19.4. The predicted molar refractivity (Wildman–Crippen MR) is 112 cm³/mol. The van der Waals surface area contributed by atoms with Crippen molar-refractivity contribution in [1.29, 1.82) is 0 Å². The number of benzene rings is 1. The maximum absolute atomic E-state index is 12.5. The van der Waals surface area contributed by atoms with Crippen LogP contribution in [0.15, 0.2) is 51.0 Å². The predicted octanol–water partition coefficient (Wildman–Crippen LogP) is 4.16. The number of carbonyl (C=O) groups is 1. The average Bonchev–Trinajstić information content (AvgIpc) is 3.06. The van der Waals surface area contributed by atoms with Crippen LogP contribution >= 0.6 is 27.3 Å². The monoisotopic (exact) mass is 445 g/mol. The molecule has 0 spiro atoms. The molecular formula is C20H20BrN3O2S. The van der Waals surface area contributed by atoms with Crippen LogP contribution in [-0.4, -0.2) is 27.8 Å². The van der Waals surface area contributed by atoms with Gasteiger partial charge in [-0.2, -0.15) is 0 Å². The lowest BCUT2D eigenvalue weighted by atomic mass is 10.1. The molecule has 0 bridgehead atoms. The molecule has 0 radical (unpaired) electrons. The fourth-order valence-electron chi connectivity index (χ4n) is 2.82. The van der Waals surface area contributed by atoms with E-state index in [0.29, 0.717) is 30.0 Å². The summed E-state index contributed by atoms with van der Waals surface area (Å²) in [7, 11) is 1.78. The minimum Gasteiger partial charge on any atom is -0.341 e. The second kappa shape index (κ2) is 8.63. The lowest BCUT2D eigenvalue weighted by Gasteiger charge is -2.16. The topological polar surface area (TPSA) is 66.1 Å². The standard InChI is InChI=1S/C20H20BrN3O2S/c1-13-16(20(26)23-19(22-13)14-6-4-3-5-7-14)9-11-18(25)24(2)12-15-8-10-17(21)27-15/h3-8,10H,9,11-12H2,1-2H3,(H,22,23,26). The number of H-pyrrole nitrogens is 1. The molecule has 0 atom stereocenters. The Hall–Kier alpha value is -2.25. The quantitative estimate of drug-likeness (QED) is 0.619. The first-order valence-corrected chi connectivity index (χ1v) is 10.2. The second-order valence-electron chi connectivity index (χ2n) is 6.30. The number of aromatic nitrogens is 2. The largest absolute Gasteiger partial charge is 0.341 e. The number of nitrogens with zero attached hydrogens (tertiary/aromatic N) is 2. The van der Waals surface area contributed by atoms with Gasteiger partial charge in [-0.25, -0.2) is 4.98 Å². The molecule has 140 valence electrons. The van der Waals surface area contributed by atoms with Crippen molar-refractivity contribution >= 4 is 33.2 Å². The molecule has 3 aromatic rings. The molecule has 1 aromatic carbocycles. The van der Waals surface area contributed by atoms with Gasteiger partial charge in [0.05, 0.1) is 10.3 Å². The van der Waals surface area contributed by atoms with E-state index in [1.165, 1.54) is 0 Å². The number of aryl methyl sites for hydroxylation is 1. The number of amides is 1. The Morgan fingerprint density at radius 2 is 1.96 bits per heavy atom. The summed E-state index contributed by atoms with van der Waals surface area (Å²) in [4.78, 5) is 35.1. The highest BCUT2D eigenvalue weighted by Crippen LogP contribution is 2.23. The van der Waals surface area contributed by atoms with Crippen LogP contribution in [0.1, 0.15) is 22.6 Å². The molecule has 2 heterocycles. The smallest absolute Gasteiger partial charge is 0.254 e. The molecule has 5 nitrogen and oxygen atoms in total. The van der Waals surface area contributed by atoms with Gasteiger partial charge in [0, 0.05) is 35.2 Å². The van der Waals surface area contributed by atoms with E-state index in [0.717, 1.165) is 14.2 Å². The molecule has 0 aliphatic rings. The third-order valence-corrected chi connectivity index (χ3v) is 5.91. The van der Waals surface area contributed by atoms with Crippen molar-refractivity contribution in [3.63, 3.8) is 0 Å². The normalized spacial score (nSPS) is 10.8. The fraction of sp³-hybridized carbons (Fsp3) is 0.250. The van der Waals surface area contributed by atoms with Crippen LogP contribution < -0.4 is 5.56 Å². The zero-order valence-corrected chi connectivity index (χ0v) is 17.6. The first-order valence-electron chi connectivity index (χ1n) is 8.57. The lowest BCUT2D eigenvalue weighted by Crippen LogP contribution is -2.27. The Kier molecular flexibility index (Phi) is 6.23. The Balaban J connectivity index is 1.67. The van der Waals surface area contributed by atoms with Crippen molar-refractivity contribution in [3.05, 3.63) is 72.7 Å². The maximum atomic E-state index is 12.5. The zero-order valence-electron chi connectivity index (χ0n) is 15.2. The maximum Gasteiger partial charge on any atom is 0.254 e. The summed E-state index contributed by atoms with van der Waals surface area (Å²) < 4.78 is 1.05. The van der Waals surface area contributed by atoms with Crippen LogP contribution in [0.5, 0.6) is 0 Å². The Morgan fingerprint density at radius 3 is 2.59 bits per heavy atom. The number of rotatable bonds is 6. The summed E-state index contributed by atoms with van der Waals surface area (Å²) in [6.45, 7) is 2.38. The van der Waals surface area contributed by atoms with Crippen molar-refractivity contribution < 1.29 is 4.79 Å². The van der Waals surface area contributed by atoms with Gasteiger partial charge >= 0.3 is 0 Å². The van der Waals surface area contributed by atoms with Crippen molar-refractivity contribution in [3.8, 4) is 11.4 Å². The summed E-state index contributed by atoms with van der Waals surface area (Å²) in [5.41, 5.74) is 1.91. The fourth-order valence-corrected chi connectivity index (χ4v) is 4.36. The summed E-state index contributed by atoms with van der Waals surface area (Å²) >= 11 is 5.04. The Labute approximate surface area is 170 Å². The van der Waals surface area contributed by atoms with Crippen molar-refractivity contribution in [1.82, 2.24) is 14.9 Å². The molecular weight excluding hydrogens is 426 g/mol. The van der Waals surface area contributed by atoms with E-state index in [2.05, 4.69) is 25.9 Å². The summed E-state index contributed by atoms with van der Waals surface area (Å²) in [6, 6.07) is 13.5. The van der Waals surface area contributed by atoms with E-state index in [9.17, 15) is 9.59 Å². The van der Waals surface area contributed by atoms with Gasteiger partial charge in [0.2, 0.25) is 5.91 Å². The SMILES string of the molecule is Cc1nc(-c2ccccc2)[nH]c(=O)c1CCC(=O)N(C)Cc1ccc(Br)s1. The molecule has 7 heteroatoms. The third-order valence-electron chi connectivity index (χ3n) is 4.31. The van der Waals surface area contributed by atoms with Gasteiger partial charge in [-0.1, -0.05) is 30.3 Å². The van der Waals surface area contributed by atoms with Gasteiger partial charge in [-0.05, 0) is 41.4 Å². The van der Waals surface area contributed by atoms with Gasteiger partial charge in [-0.15, -0.1) is 11.3 Å². The molecule has 3 rings (SSSR count). The van der Waals surface area contributed by atoms with Crippen LogP contribution in [0, 0.1) is 6.92 Å². The molecule has 0 fully saturated rings. The van der Waals surface area contributed by atoms with E-state index in [4.69, 9.17) is 0 Å². The summed E-state index contributed by atoms with van der Waals surface area (Å²) in [5.74, 6) is 0.555. The summed E-state index contributed by atoms with van der Waals surface area (Å²) in [5, 5.41) is 0. The van der Waals surface area contributed by atoms with E-state index in [1.807, 2.05) is 49.4 Å². The molecule has 1 amide bonds. The molecule has 0 aliphatic carbocycles. The number of halogens is 1. The van der Waals surface area contributed by atoms with Crippen LogP contribution in [0.4, 0.5) is 0 Å².